The molecule has 0 radical (unpaired) electrons. The lowest BCUT2D eigenvalue weighted by Crippen LogP contribution is -2.38. The van der Waals surface area contributed by atoms with Crippen LogP contribution in [0, 0.1) is 0 Å². The Kier molecular flexibility index (Phi) is 4.36. The average Bonchev–Trinajstić information content (AvgIpc) is 2.50. The summed E-state index contributed by atoms with van der Waals surface area (Å²) in [6, 6.07) is 0. The summed E-state index contributed by atoms with van der Waals surface area (Å²) in [5.41, 5.74) is -0.322. The summed E-state index contributed by atoms with van der Waals surface area (Å²) in [4.78, 5) is 43.9. The van der Waals surface area contributed by atoms with Crippen LogP contribution in [-0.2, 0) is 25.3 Å². The quantitative estimate of drug-likeness (QED) is 0.747. The zero-order valence-corrected chi connectivity index (χ0v) is 13.3. The standard InChI is InChI=1S/C13H16N4O4S/c1-6(12(19)20)8-7(4-5-22)14-10-9(15-8)11(18)17(3)13(21)16(10)2/h6,22H,4-5H2,1-3H3,(H,19,20). The Morgan fingerprint density at radius 1 is 1.27 bits per heavy atom. The molecule has 2 rings (SSSR count). The van der Waals surface area contributed by atoms with Crippen LogP contribution in [0.15, 0.2) is 9.59 Å². The predicted octanol–water partition coefficient (Wildman–Crippen LogP) is -0.312. The smallest absolute Gasteiger partial charge is 0.332 e. The first kappa shape index (κ1) is 16.2. The van der Waals surface area contributed by atoms with Crippen LogP contribution in [0.1, 0.15) is 24.2 Å². The Labute approximate surface area is 130 Å². The summed E-state index contributed by atoms with van der Waals surface area (Å²) in [5, 5.41) is 9.20. The second-order valence-corrected chi connectivity index (χ2v) is 5.41. The normalized spacial score (nSPS) is 12.5. The van der Waals surface area contributed by atoms with Crippen molar-refractivity contribution in [1.29, 1.82) is 0 Å². The number of fused-ring (bicyclic) bond motifs is 1. The van der Waals surface area contributed by atoms with Crippen molar-refractivity contribution in [2.24, 2.45) is 14.1 Å². The van der Waals surface area contributed by atoms with Gasteiger partial charge in [-0.15, -0.1) is 0 Å². The van der Waals surface area contributed by atoms with Crippen molar-refractivity contribution in [3.63, 3.8) is 0 Å². The lowest BCUT2D eigenvalue weighted by atomic mass is 10.0. The van der Waals surface area contributed by atoms with Gasteiger partial charge >= 0.3 is 11.7 Å². The van der Waals surface area contributed by atoms with Crippen molar-refractivity contribution in [2.75, 3.05) is 5.75 Å². The van der Waals surface area contributed by atoms with Gasteiger partial charge < -0.3 is 5.11 Å². The van der Waals surface area contributed by atoms with Gasteiger partial charge in [0.05, 0.1) is 17.3 Å². The van der Waals surface area contributed by atoms with Gasteiger partial charge in [-0.25, -0.2) is 14.8 Å². The van der Waals surface area contributed by atoms with Crippen LogP contribution in [0.3, 0.4) is 0 Å². The molecule has 0 fully saturated rings. The molecule has 8 nitrogen and oxygen atoms in total. The van der Waals surface area contributed by atoms with E-state index in [9.17, 15) is 19.5 Å². The molecule has 2 aromatic heterocycles. The maximum absolute atomic E-state index is 12.2. The van der Waals surface area contributed by atoms with Crippen LogP contribution in [0.25, 0.3) is 11.2 Å². The molecule has 0 bridgehead atoms. The predicted molar refractivity (Wildman–Crippen MR) is 83.6 cm³/mol. The third-order valence-electron chi connectivity index (χ3n) is 3.51. The minimum absolute atomic E-state index is 0.0179. The van der Waals surface area contributed by atoms with Crippen molar-refractivity contribution < 1.29 is 9.90 Å². The summed E-state index contributed by atoms with van der Waals surface area (Å²) in [7, 11) is 2.83. The summed E-state index contributed by atoms with van der Waals surface area (Å²) in [6.07, 6.45) is 0.391. The van der Waals surface area contributed by atoms with Crippen molar-refractivity contribution in [3.8, 4) is 0 Å². The molecule has 0 aliphatic carbocycles. The van der Waals surface area contributed by atoms with Gasteiger partial charge in [0, 0.05) is 20.5 Å². The molecule has 0 aliphatic heterocycles. The van der Waals surface area contributed by atoms with E-state index >= 15 is 0 Å². The molecule has 0 spiro atoms. The Morgan fingerprint density at radius 3 is 2.45 bits per heavy atom. The number of hydrogen-bond donors (Lipinski definition) is 2. The van der Waals surface area contributed by atoms with Gasteiger partial charge in [-0.2, -0.15) is 12.6 Å². The van der Waals surface area contributed by atoms with E-state index in [1.807, 2.05) is 0 Å². The number of carbonyl (C=O) groups is 1. The summed E-state index contributed by atoms with van der Waals surface area (Å²) in [5.74, 6) is -1.53. The first-order valence-corrected chi connectivity index (χ1v) is 7.23. The fraction of sp³-hybridized carbons (Fsp3) is 0.462. The molecular weight excluding hydrogens is 308 g/mol. The van der Waals surface area contributed by atoms with E-state index in [0.717, 1.165) is 4.57 Å². The summed E-state index contributed by atoms with van der Waals surface area (Å²) < 4.78 is 2.14. The Morgan fingerprint density at radius 2 is 1.91 bits per heavy atom. The number of carboxylic acid groups (broad SMARTS) is 1. The van der Waals surface area contributed by atoms with Crippen LogP contribution in [0.4, 0.5) is 0 Å². The van der Waals surface area contributed by atoms with Crippen molar-refractivity contribution in [3.05, 3.63) is 32.2 Å². The molecule has 118 valence electrons. The molecule has 1 N–H and O–H groups in total. The van der Waals surface area contributed by atoms with Gasteiger partial charge in [0.1, 0.15) is 0 Å². The van der Waals surface area contributed by atoms with E-state index in [0.29, 0.717) is 17.9 Å². The molecule has 9 heteroatoms. The molecule has 0 saturated heterocycles. The lowest BCUT2D eigenvalue weighted by molar-refractivity contribution is -0.138. The van der Waals surface area contributed by atoms with Crippen LogP contribution in [-0.4, -0.2) is 35.9 Å². The lowest BCUT2D eigenvalue weighted by Gasteiger charge is -2.14. The van der Waals surface area contributed by atoms with Crippen LogP contribution >= 0.6 is 12.6 Å². The number of aromatic nitrogens is 4. The van der Waals surface area contributed by atoms with Gasteiger partial charge in [0.2, 0.25) is 0 Å². The molecule has 2 aromatic rings. The number of carboxylic acids is 1. The minimum atomic E-state index is -1.06. The zero-order chi connectivity index (χ0) is 16.6. The number of aliphatic carboxylic acids is 1. The SMILES string of the molecule is CC(C(=O)O)c1nc2c(=O)n(C)c(=O)n(C)c2nc1CCS. The highest BCUT2D eigenvalue weighted by molar-refractivity contribution is 7.80. The van der Waals surface area contributed by atoms with E-state index in [4.69, 9.17) is 0 Å². The summed E-state index contributed by atoms with van der Waals surface area (Å²) in [6.45, 7) is 1.48. The minimum Gasteiger partial charge on any atom is -0.481 e. The van der Waals surface area contributed by atoms with Gasteiger partial charge in [-0.05, 0) is 12.7 Å². The third-order valence-corrected chi connectivity index (χ3v) is 3.73. The number of thiol groups is 1. The molecule has 0 saturated carbocycles. The van der Waals surface area contributed by atoms with Gasteiger partial charge in [0.25, 0.3) is 5.56 Å². The first-order chi connectivity index (χ1) is 10.3. The van der Waals surface area contributed by atoms with E-state index < -0.39 is 23.1 Å². The van der Waals surface area contributed by atoms with E-state index in [1.54, 1.807) is 0 Å². The maximum Gasteiger partial charge on any atom is 0.332 e. The zero-order valence-electron chi connectivity index (χ0n) is 12.4. The Bertz CT molecular complexity index is 871. The van der Waals surface area contributed by atoms with Crippen molar-refractivity contribution in [2.45, 2.75) is 19.3 Å². The third kappa shape index (κ3) is 2.52. The maximum atomic E-state index is 12.2. The van der Waals surface area contributed by atoms with Crippen LogP contribution < -0.4 is 11.2 Å². The topological polar surface area (TPSA) is 107 Å². The van der Waals surface area contributed by atoms with Crippen molar-refractivity contribution in [1.82, 2.24) is 19.1 Å². The van der Waals surface area contributed by atoms with Crippen molar-refractivity contribution >= 4 is 29.8 Å². The van der Waals surface area contributed by atoms with E-state index in [1.165, 1.54) is 25.6 Å². The summed E-state index contributed by atoms with van der Waals surface area (Å²) >= 11 is 4.13. The average molecular weight is 324 g/mol. The molecule has 1 atom stereocenters. The molecule has 2 heterocycles. The highest BCUT2D eigenvalue weighted by atomic mass is 32.1. The highest BCUT2D eigenvalue weighted by Crippen LogP contribution is 2.19. The fourth-order valence-electron chi connectivity index (χ4n) is 2.17. The molecule has 0 aromatic carbocycles. The fourth-order valence-corrected chi connectivity index (χ4v) is 2.38. The molecule has 0 aliphatic rings. The van der Waals surface area contributed by atoms with E-state index in [-0.39, 0.29) is 16.9 Å². The van der Waals surface area contributed by atoms with Gasteiger partial charge in [0.15, 0.2) is 11.2 Å². The van der Waals surface area contributed by atoms with Crippen LogP contribution in [0.2, 0.25) is 0 Å². The first-order valence-electron chi connectivity index (χ1n) is 6.59. The highest BCUT2D eigenvalue weighted by Gasteiger charge is 2.23. The monoisotopic (exact) mass is 324 g/mol. The molecule has 0 amide bonds. The largest absolute Gasteiger partial charge is 0.481 e. The number of nitrogens with zero attached hydrogens (tertiary/aromatic N) is 4. The second kappa shape index (κ2) is 5.91. The number of rotatable bonds is 4. The Hall–Kier alpha value is -2.16. The molecular formula is C13H16N4O4S. The van der Waals surface area contributed by atoms with Gasteiger partial charge in [-0.1, -0.05) is 0 Å². The molecule has 1 unspecified atom stereocenters. The van der Waals surface area contributed by atoms with Crippen LogP contribution in [0.5, 0.6) is 0 Å². The van der Waals surface area contributed by atoms with E-state index in [2.05, 4.69) is 22.6 Å². The molecule has 22 heavy (non-hydrogen) atoms. The second-order valence-electron chi connectivity index (χ2n) is 4.97. The number of hydrogen-bond acceptors (Lipinski definition) is 6. The van der Waals surface area contributed by atoms with Gasteiger partial charge in [-0.3, -0.25) is 18.7 Å². The Balaban J connectivity index is 2.93. The number of aryl methyl sites for hydroxylation is 2.